The number of carbonyl (C=O) groups is 1. The van der Waals surface area contributed by atoms with Crippen molar-refractivity contribution >= 4 is 11.8 Å². The van der Waals surface area contributed by atoms with Crippen LogP contribution in [0.3, 0.4) is 0 Å². The summed E-state index contributed by atoms with van der Waals surface area (Å²) >= 11 is 0. The average Bonchev–Trinajstić information content (AvgIpc) is 2.92. The van der Waals surface area contributed by atoms with Crippen molar-refractivity contribution in [2.45, 2.75) is 13.0 Å². The molecule has 2 heterocycles. The maximum Gasteiger partial charge on any atom is 0.376 e. The zero-order chi connectivity index (χ0) is 13.0. The second kappa shape index (κ2) is 5.21. The number of nitrogens with zero attached hydrogens (tertiary/aromatic N) is 4. The van der Waals surface area contributed by atoms with Gasteiger partial charge in [0.05, 0.1) is 13.2 Å². The van der Waals surface area contributed by atoms with E-state index in [-0.39, 0.29) is 11.9 Å². The molecular weight excluding hydrogens is 236 g/mol. The summed E-state index contributed by atoms with van der Waals surface area (Å²) in [5.41, 5.74) is 0. The van der Waals surface area contributed by atoms with Crippen molar-refractivity contribution in [3.05, 3.63) is 30.2 Å². The number of carbonyl (C=O) groups excluding carboxylic acids is 1. The molecule has 0 aromatic carbocycles. The van der Waals surface area contributed by atoms with Crippen LogP contribution in [0.2, 0.25) is 0 Å². The van der Waals surface area contributed by atoms with Crippen LogP contribution < -0.4 is 5.32 Å². The first-order valence-electron chi connectivity index (χ1n) is 5.24. The zero-order valence-corrected chi connectivity index (χ0v) is 9.91. The number of methoxy groups -OCH3 is 1. The summed E-state index contributed by atoms with van der Waals surface area (Å²) in [6.07, 6.45) is 2.90. The number of aromatic nitrogens is 5. The first-order valence-corrected chi connectivity index (χ1v) is 5.24. The number of hydrogen-bond donors (Lipinski definition) is 2. The second-order valence-corrected chi connectivity index (χ2v) is 3.49. The molecule has 0 saturated heterocycles. The number of ether oxygens (including phenoxy) is 1. The van der Waals surface area contributed by atoms with Crippen LogP contribution in [0.1, 0.15) is 29.4 Å². The van der Waals surface area contributed by atoms with Gasteiger partial charge in [0.2, 0.25) is 5.82 Å². The van der Waals surface area contributed by atoms with Gasteiger partial charge in [0.25, 0.3) is 0 Å². The van der Waals surface area contributed by atoms with E-state index in [0.29, 0.717) is 11.6 Å². The Hall–Kier alpha value is -2.51. The molecule has 0 amide bonds. The molecule has 2 aromatic heterocycles. The van der Waals surface area contributed by atoms with Crippen LogP contribution in [-0.2, 0) is 4.74 Å². The predicted molar refractivity (Wildman–Crippen MR) is 61.8 cm³/mol. The van der Waals surface area contributed by atoms with Gasteiger partial charge in [-0.3, -0.25) is 5.10 Å². The normalized spacial score (nSPS) is 11.9. The summed E-state index contributed by atoms with van der Waals surface area (Å²) in [5, 5.41) is 9.58. The molecule has 2 aromatic rings. The third kappa shape index (κ3) is 2.59. The standard InChI is InChI=1S/C10H12N6O2/c1-6(8-12-5-13-16-8)14-7-3-4-11-9(15-7)10(17)18-2/h3-6H,1-2H3,(H,11,14,15)(H,12,13,16). The molecule has 1 atom stereocenters. The Balaban J connectivity index is 2.12. The van der Waals surface area contributed by atoms with Gasteiger partial charge in [-0.2, -0.15) is 5.10 Å². The Morgan fingerprint density at radius 2 is 2.33 bits per heavy atom. The largest absolute Gasteiger partial charge is 0.463 e. The van der Waals surface area contributed by atoms with E-state index in [9.17, 15) is 4.79 Å². The molecule has 0 bridgehead atoms. The van der Waals surface area contributed by atoms with E-state index in [4.69, 9.17) is 0 Å². The lowest BCUT2D eigenvalue weighted by Gasteiger charge is -2.11. The molecule has 18 heavy (non-hydrogen) atoms. The fourth-order valence-corrected chi connectivity index (χ4v) is 1.34. The van der Waals surface area contributed by atoms with Crippen molar-refractivity contribution in [2.24, 2.45) is 0 Å². The molecule has 0 aliphatic carbocycles. The van der Waals surface area contributed by atoms with Gasteiger partial charge in [0.1, 0.15) is 18.0 Å². The van der Waals surface area contributed by atoms with Crippen molar-refractivity contribution in [2.75, 3.05) is 12.4 Å². The smallest absolute Gasteiger partial charge is 0.376 e. The first kappa shape index (κ1) is 12.0. The summed E-state index contributed by atoms with van der Waals surface area (Å²) in [5.74, 6) is 0.612. The topological polar surface area (TPSA) is 106 Å². The maximum atomic E-state index is 11.3. The molecule has 0 fully saturated rings. The lowest BCUT2D eigenvalue weighted by atomic mass is 10.3. The highest BCUT2D eigenvalue weighted by Crippen LogP contribution is 2.13. The number of hydrogen-bond acceptors (Lipinski definition) is 7. The number of esters is 1. The second-order valence-electron chi connectivity index (χ2n) is 3.49. The quantitative estimate of drug-likeness (QED) is 0.761. The number of rotatable bonds is 4. The van der Waals surface area contributed by atoms with E-state index in [1.165, 1.54) is 19.6 Å². The van der Waals surface area contributed by atoms with Gasteiger partial charge in [-0.15, -0.1) is 0 Å². The lowest BCUT2D eigenvalue weighted by Crippen LogP contribution is -2.13. The minimum Gasteiger partial charge on any atom is -0.463 e. The van der Waals surface area contributed by atoms with Gasteiger partial charge in [-0.1, -0.05) is 0 Å². The lowest BCUT2D eigenvalue weighted by molar-refractivity contribution is 0.0587. The number of anilines is 1. The molecule has 8 nitrogen and oxygen atoms in total. The number of aromatic amines is 1. The van der Waals surface area contributed by atoms with Crippen molar-refractivity contribution in [1.82, 2.24) is 25.1 Å². The highest BCUT2D eigenvalue weighted by molar-refractivity contribution is 5.85. The van der Waals surface area contributed by atoms with Crippen LogP contribution >= 0.6 is 0 Å². The Kier molecular flexibility index (Phi) is 3.46. The van der Waals surface area contributed by atoms with Gasteiger partial charge >= 0.3 is 5.97 Å². The van der Waals surface area contributed by atoms with Crippen LogP contribution in [0.25, 0.3) is 0 Å². The predicted octanol–water partition coefficient (Wildman–Crippen LogP) is 0.554. The molecule has 94 valence electrons. The van der Waals surface area contributed by atoms with Crippen LogP contribution in [0, 0.1) is 0 Å². The molecule has 0 saturated carbocycles. The fraction of sp³-hybridized carbons (Fsp3) is 0.300. The minimum atomic E-state index is -0.578. The van der Waals surface area contributed by atoms with E-state index in [1.807, 2.05) is 6.92 Å². The molecule has 0 aliphatic heterocycles. The van der Waals surface area contributed by atoms with E-state index in [1.54, 1.807) is 6.07 Å². The third-order valence-corrected chi connectivity index (χ3v) is 2.23. The van der Waals surface area contributed by atoms with Crippen molar-refractivity contribution in [3.63, 3.8) is 0 Å². The molecule has 2 N–H and O–H groups in total. The SMILES string of the molecule is COC(=O)c1nccc(NC(C)c2ncn[nH]2)n1. The molecular formula is C10H12N6O2. The van der Waals surface area contributed by atoms with Crippen molar-refractivity contribution in [1.29, 1.82) is 0 Å². The zero-order valence-electron chi connectivity index (χ0n) is 9.91. The number of nitrogens with one attached hydrogen (secondary N) is 2. The van der Waals surface area contributed by atoms with E-state index in [0.717, 1.165) is 0 Å². The summed E-state index contributed by atoms with van der Waals surface area (Å²) < 4.78 is 4.55. The molecule has 0 spiro atoms. The average molecular weight is 248 g/mol. The highest BCUT2D eigenvalue weighted by atomic mass is 16.5. The van der Waals surface area contributed by atoms with E-state index in [2.05, 4.69) is 35.2 Å². The van der Waals surface area contributed by atoms with E-state index >= 15 is 0 Å². The molecule has 0 radical (unpaired) electrons. The van der Waals surface area contributed by atoms with Gasteiger partial charge < -0.3 is 10.1 Å². The molecule has 2 rings (SSSR count). The Bertz CT molecular complexity index is 527. The maximum absolute atomic E-state index is 11.3. The molecule has 0 aliphatic rings. The van der Waals surface area contributed by atoms with E-state index < -0.39 is 5.97 Å². The first-order chi connectivity index (χ1) is 8.70. The molecule has 8 heteroatoms. The fourth-order valence-electron chi connectivity index (χ4n) is 1.34. The summed E-state index contributed by atoms with van der Waals surface area (Å²) in [6.45, 7) is 1.89. The number of H-pyrrole nitrogens is 1. The Morgan fingerprint density at radius 1 is 1.50 bits per heavy atom. The minimum absolute atomic E-state index is 0.00673. The van der Waals surface area contributed by atoms with Crippen LogP contribution in [0.15, 0.2) is 18.6 Å². The summed E-state index contributed by atoms with van der Waals surface area (Å²) in [6, 6.07) is 1.53. The Labute approximate surface area is 103 Å². The molecule has 1 unspecified atom stereocenters. The monoisotopic (exact) mass is 248 g/mol. The van der Waals surface area contributed by atoms with Crippen LogP contribution in [0.4, 0.5) is 5.82 Å². The van der Waals surface area contributed by atoms with Crippen LogP contribution in [0.5, 0.6) is 0 Å². The van der Waals surface area contributed by atoms with Gasteiger partial charge in [-0.05, 0) is 13.0 Å². The van der Waals surface area contributed by atoms with Crippen molar-refractivity contribution < 1.29 is 9.53 Å². The summed E-state index contributed by atoms with van der Waals surface area (Å²) in [4.78, 5) is 23.2. The Morgan fingerprint density at radius 3 is 3.00 bits per heavy atom. The van der Waals surface area contributed by atoms with Crippen molar-refractivity contribution in [3.8, 4) is 0 Å². The van der Waals surface area contributed by atoms with Gasteiger partial charge in [-0.25, -0.2) is 19.7 Å². The van der Waals surface area contributed by atoms with Gasteiger partial charge in [0, 0.05) is 6.20 Å². The van der Waals surface area contributed by atoms with Gasteiger partial charge in [0.15, 0.2) is 0 Å². The van der Waals surface area contributed by atoms with Crippen LogP contribution in [-0.4, -0.2) is 38.2 Å². The summed E-state index contributed by atoms with van der Waals surface area (Å²) in [7, 11) is 1.28. The third-order valence-electron chi connectivity index (χ3n) is 2.23. The highest BCUT2D eigenvalue weighted by Gasteiger charge is 2.12.